The van der Waals surface area contributed by atoms with Crippen LogP contribution >= 0.6 is 0 Å². The van der Waals surface area contributed by atoms with Crippen LogP contribution in [0.4, 0.5) is 0 Å². The molecule has 0 bridgehead atoms. The molecule has 0 unspecified atom stereocenters. The minimum Gasteiger partial charge on any atom is -0.0592 e. The second-order valence-corrected chi connectivity index (χ2v) is 2.23. The summed E-state index contributed by atoms with van der Waals surface area (Å²) in [5.41, 5.74) is 0. The van der Waals surface area contributed by atoms with Crippen molar-refractivity contribution in [2.75, 3.05) is 6.54 Å². The predicted octanol–water partition coefficient (Wildman–Crippen LogP) is 1.58. The molecule has 0 aliphatic rings. The van der Waals surface area contributed by atoms with Crippen molar-refractivity contribution in [2.24, 2.45) is 0 Å². The van der Waals surface area contributed by atoms with Crippen LogP contribution in [0.15, 0.2) is 0 Å². The number of rotatable bonds is 3. The van der Waals surface area contributed by atoms with Gasteiger partial charge < -0.3 is 0 Å². The predicted molar refractivity (Wildman–Crippen MR) is 33.9 cm³/mol. The van der Waals surface area contributed by atoms with Crippen molar-refractivity contribution in [1.82, 2.24) is 0 Å². The van der Waals surface area contributed by atoms with Gasteiger partial charge in [0.1, 0.15) is 0 Å². The Kier molecular flexibility index (Phi) is 3.40. The molecule has 0 atom stereocenters. The van der Waals surface area contributed by atoms with E-state index in [9.17, 15) is 4.91 Å². The van der Waals surface area contributed by atoms with E-state index in [2.05, 4.69) is 0 Å². The van der Waals surface area contributed by atoms with Gasteiger partial charge in [0.05, 0.1) is 0 Å². The van der Waals surface area contributed by atoms with E-state index in [0.29, 0.717) is 6.54 Å². The molecule has 0 heterocycles. The van der Waals surface area contributed by atoms with Gasteiger partial charge in [-0.05, 0) is 0 Å². The summed E-state index contributed by atoms with van der Waals surface area (Å²) in [5, 5.41) is 0. The zero-order chi connectivity index (χ0) is 6.57. The first-order valence-electron chi connectivity index (χ1n) is 3.12. The van der Waals surface area contributed by atoms with Crippen molar-refractivity contribution < 1.29 is 4.76 Å². The first-order chi connectivity index (χ1) is 3.68. The highest BCUT2D eigenvalue weighted by Gasteiger charge is 2.09. The molecule has 2 nitrogen and oxygen atoms in total. The minimum atomic E-state index is 0.148. The fourth-order valence-electron chi connectivity index (χ4n) is 0.479. The van der Waals surface area contributed by atoms with Crippen LogP contribution in [0.1, 0.15) is 27.2 Å². The SMILES string of the molecule is CCC[N+](=O)C(C)C. The largest absolute Gasteiger partial charge is 0.195 e. The Bertz CT molecular complexity index is 78.6. The van der Waals surface area contributed by atoms with Crippen molar-refractivity contribution in [3.05, 3.63) is 4.91 Å². The molecule has 8 heavy (non-hydrogen) atoms. The van der Waals surface area contributed by atoms with Gasteiger partial charge in [0.25, 0.3) is 0 Å². The van der Waals surface area contributed by atoms with Crippen molar-refractivity contribution in [2.45, 2.75) is 33.2 Å². The van der Waals surface area contributed by atoms with Gasteiger partial charge in [-0.2, -0.15) is 0 Å². The molecule has 0 spiro atoms. The van der Waals surface area contributed by atoms with Crippen molar-refractivity contribution in [3.63, 3.8) is 0 Å². The average molecular weight is 116 g/mol. The molecule has 0 saturated heterocycles. The molecule has 0 N–H and O–H groups in total. The molecule has 0 rings (SSSR count). The molecule has 0 fully saturated rings. The average Bonchev–Trinajstić information content (AvgIpc) is 1.67. The maximum absolute atomic E-state index is 10.7. The molecular formula is C6H14NO+. The Labute approximate surface area is 50.5 Å². The third-order valence-electron chi connectivity index (χ3n) is 1.02. The van der Waals surface area contributed by atoms with Crippen molar-refractivity contribution >= 4 is 0 Å². The topological polar surface area (TPSA) is 20.1 Å². The molecule has 0 amide bonds. The second kappa shape index (κ2) is 3.58. The van der Waals surface area contributed by atoms with Gasteiger partial charge in [0.2, 0.25) is 0 Å². The third-order valence-corrected chi connectivity index (χ3v) is 1.02. The van der Waals surface area contributed by atoms with Crippen LogP contribution in [0.5, 0.6) is 0 Å². The Morgan fingerprint density at radius 1 is 1.50 bits per heavy atom. The van der Waals surface area contributed by atoms with E-state index in [1.54, 1.807) is 0 Å². The first kappa shape index (κ1) is 7.60. The van der Waals surface area contributed by atoms with Gasteiger partial charge in [0.15, 0.2) is 12.6 Å². The van der Waals surface area contributed by atoms with Gasteiger partial charge in [-0.25, -0.2) is 0 Å². The van der Waals surface area contributed by atoms with E-state index in [1.165, 1.54) is 0 Å². The lowest BCUT2D eigenvalue weighted by Gasteiger charge is -1.91. The van der Waals surface area contributed by atoms with Crippen LogP contribution in [0, 0.1) is 4.91 Å². The van der Waals surface area contributed by atoms with Gasteiger partial charge in [-0.3, -0.25) is 0 Å². The van der Waals surface area contributed by atoms with E-state index in [1.807, 2.05) is 20.8 Å². The molecule has 0 aliphatic heterocycles. The maximum atomic E-state index is 10.7. The Morgan fingerprint density at radius 2 is 2.00 bits per heavy atom. The Morgan fingerprint density at radius 3 is 2.12 bits per heavy atom. The van der Waals surface area contributed by atoms with Crippen molar-refractivity contribution in [3.8, 4) is 0 Å². The molecule has 0 aromatic heterocycles. The number of nitroso groups, excluding NO2 is 1. The third kappa shape index (κ3) is 2.72. The van der Waals surface area contributed by atoms with Gasteiger partial charge in [-0.15, -0.1) is 0 Å². The molecule has 0 saturated carbocycles. The molecule has 48 valence electrons. The summed E-state index contributed by atoms with van der Waals surface area (Å²) >= 11 is 0. The fourth-order valence-corrected chi connectivity index (χ4v) is 0.479. The number of hydrogen-bond acceptors (Lipinski definition) is 1. The normalized spacial score (nSPS) is 10.0. The highest BCUT2D eigenvalue weighted by atomic mass is 16.3. The van der Waals surface area contributed by atoms with E-state index in [-0.39, 0.29) is 6.04 Å². The smallest absolute Gasteiger partial charge is 0.0592 e. The molecular weight excluding hydrogens is 102 g/mol. The fraction of sp³-hybridized carbons (Fsp3) is 1.00. The maximum Gasteiger partial charge on any atom is 0.195 e. The standard InChI is InChI=1S/C6H14NO/c1-4-5-7(8)6(2)3/h6H,4-5H2,1-3H3/q+1. The monoisotopic (exact) mass is 116 g/mol. The molecule has 0 aromatic carbocycles. The summed E-state index contributed by atoms with van der Waals surface area (Å²) < 4.78 is 1.10. The van der Waals surface area contributed by atoms with E-state index in [4.69, 9.17) is 0 Å². The van der Waals surface area contributed by atoms with E-state index in [0.717, 1.165) is 11.2 Å². The summed E-state index contributed by atoms with van der Waals surface area (Å²) in [6.45, 7) is 6.48. The lowest BCUT2D eigenvalue weighted by Crippen LogP contribution is -2.17. The minimum absolute atomic E-state index is 0.148. The van der Waals surface area contributed by atoms with Gasteiger partial charge in [-0.1, -0.05) is 6.92 Å². The van der Waals surface area contributed by atoms with Crippen LogP contribution in [0.3, 0.4) is 0 Å². The lowest BCUT2D eigenvalue weighted by molar-refractivity contribution is -0.578. The Hall–Kier alpha value is -0.400. The molecule has 0 aromatic rings. The summed E-state index contributed by atoms with van der Waals surface area (Å²) in [6, 6.07) is 0.148. The molecule has 0 radical (unpaired) electrons. The van der Waals surface area contributed by atoms with Crippen LogP contribution in [0.25, 0.3) is 0 Å². The van der Waals surface area contributed by atoms with E-state index < -0.39 is 0 Å². The number of hydrogen-bond donors (Lipinski definition) is 0. The summed E-state index contributed by atoms with van der Waals surface area (Å²) in [6.07, 6.45) is 0.946. The van der Waals surface area contributed by atoms with Crippen LogP contribution in [0.2, 0.25) is 0 Å². The molecule has 2 heteroatoms. The Balaban J connectivity index is 3.33. The van der Waals surface area contributed by atoms with Crippen LogP contribution in [-0.2, 0) is 0 Å². The number of nitrogens with zero attached hydrogens (tertiary/aromatic N) is 1. The summed E-state index contributed by atoms with van der Waals surface area (Å²) in [7, 11) is 0. The van der Waals surface area contributed by atoms with Gasteiger partial charge >= 0.3 is 0 Å². The van der Waals surface area contributed by atoms with Crippen LogP contribution < -0.4 is 0 Å². The highest BCUT2D eigenvalue weighted by Crippen LogP contribution is 1.87. The highest BCUT2D eigenvalue weighted by molar-refractivity contribution is 4.31. The second-order valence-electron chi connectivity index (χ2n) is 2.23. The van der Waals surface area contributed by atoms with Gasteiger partial charge in [0, 0.05) is 29.9 Å². The lowest BCUT2D eigenvalue weighted by atomic mass is 10.3. The molecule has 0 aliphatic carbocycles. The zero-order valence-electron chi connectivity index (χ0n) is 5.85. The van der Waals surface area contributed by atoms with Crippen LogP contribution in [-0.4, -0.2) is 17.3 Å². The zero-order valence-corrected chi connectivity index (χ0v) is 5.85. The summed E-state index contributed by atoms with van der Waals surface area (Å²) in [5.74, 6) is 0. The van der Waals surface area contributed by atoms with E-state index >= 15 is 0 Å². The quantitative estimate of drug-likeness (QED) is 0.512. The summed E-state index contributed by atoms with van der Waals surface area (Å²) in [4.78, 5) is 10.7. The van der Waals surface area contributed by atoms with Crippen molar-refractivity contribution in [1.29, 1.82) is 0 Å². The first-order valence-corrected chi connectivity index (χ1v) is 3.12.